The summed E-state index contributed by atoms with van der Waals surface area (Å²) in [6.07, 6.45) is 1.61. The second-order valence-corrected chi connectivity index (χ2v) is 5.54. The smallest absolute Gasteiger partial charge is 0.404 e. The van der Waals surface area contributed by atoms with Crippen molar-refractivity contribution in [1.82, 2.24) is 10.3 Å². The fourth-order valence-electron chi connectivity index (χ4n) is 2.40. The Morgan fingerprint density at radius 3 is 2.52 bits per heavy atom. The van der Waals surface area contributed by atoms with Crippen LogP contribution < -0.4 is 16.0 Å². The summed E-state index contributed by atoms with van der Waals surface area (Å²) in [5.41, 5.74) is 2.04. The van der Waals surface area contributed by atoms with Gasteiger partial charge in [0.15, 0.2) is 12.2 Å². The van der Waals surface area contributed by atoms with E-state index in [0.29, 0.717) is 28.3 Å². The maximum atomic E-state index is 12.1. The molecule has 0 radical (unpaired) electrons. The maximum Gasteiger partial charge on any atom is 0.404 e. The van der Waals surface area contributed by atoms with Crippen molar-refractivity contribution in [2.24, 2.45) is 0 Å². The van der Waals surface area contributed by atoms with Crippen LogP contribution in [0, 0.1) is 0 Å². The highest BCUT2D eigenvalue weighted by molar-refractivity contribution is 6.00. The van der Waals surface area contributed by atoms with Gasteiger partial charge in [0, 0.05) is 24.0 Å². The van der Waals surface area contributed by atoms with E-state index in [9.17, 15) is 14.7 Å². The number of hydrogen-bond donors (Lipinski definition) is 5. The van der Waals surface area contributed by atoms with E-state index in [-0.39, 0.29) is 12.3 Å². The van der Waals surface area contributed by atoms with Crippen LogP contribution in [0.4, 0.5) is 21.0 Å². The average Bonchev–Trinajstić information content (AvgIpc) is 3.14. The lowest BCUT2D eigenvalue weighted by Gasteiger charge is -2.10. The quantitative estimate of drug-likeness (QED) is 0.468. The molecule has 0 aliphatic heterocycles. The summed E-state index contributed by atoms with van der Waals surface area (Å²) < 4.78 is 5.13. The second kappa shape index (κ2) is 7.91. The van der Waals surface area contributed by atoms with E-state index in [4.69, 9.17) is 9.52 Å². The zero-order chi connectivity index (χ0) is 19.2. The number of carboxylic acid groups (broad SMARTS) is 1. The third-order valence-electron chi connectivity index (χ3n) is 3.58. The van der Waals surface area contributed by atoms with Gasteiger partial charge >= 0.3 is 12.1 Å². The first kappa shape index (κ1) is 17.8. The highest BCUT2D eigenvalue weighted by Crippen LogP contribution is 2.31. The van der Waals surface area contributed by atoms with Gasteiger partial charge in [-0.15, -0.1) is 0 Å². The van der Waals surface area contributed by atoms with Crippen LogP contribution in [-0.2, 0) is 6.54 Å². The van der Waals surface area contributed by atoms with Gasteiger partial charge in [0.1, 0.15) is 5.75 Å². The molecule has 9 heteroatoms. The minimum atomic E-state index is -1.13. The number of rotatable bonds is 5. The Bertz CT molecular complexity index is 956. The minimum Gasteiger partial charge on any atom is -0.507 e. The zero-order valence-electron chi connectivity index (χ0n) is 14.0. The van der Waals surface area contributed by atoms with Gasteiger partial charge in [0.05, 0.1) is 11.8 Å². The highest BCUT2D eigenvalue weighted by atomic mass is 16.4. The minimum absolute atomic E-state index is 0.0636. The van der Waals surface area contributed by atoms with Gasteiger partial charge in [-0.3, -0.25) is 0 Å². The molecule has 27 heavy (non-hydrogen) atoms. The van der Waals surface area contributed by atoms with Gasteiger partial charge < -0.3 is 30.6 Å². The summed E-state index contributed by atoms with van der Waals surface area (Å²) in [4.78, 5) is 26.5. The normalized spacial score (nSPS) is 10.2. The molecule has 1 aromatic heterocycles. The summed E-state index contributed by atoms with van der Waals surface area (Å²) in [5.74, 6) is 0.349. The van der Waals surface area contributed by atoms with Crippen molar-refractivity contribution in [3.05, 3.63) is 60.6 Å². The number of nitrogens with zero attached hydrogens (tertiary/aromatic N) is 1. The average molecular weight is 368 g/mol. The molecule has 138 valence electrons. The standard InChI is InChI=1S/C18H16N4O5/c23-15-7-13(4-5-14(15)16-9-19-10-27-16)22-17(24)21-12-3-1-2-11(6-12)8-20-18(25)26/h1-7,9-10,20,23H,8H2,(H,25,26)(H2,21,22,24). The number of urea groups is 1. The first-order chi connectivity index (χ1) is 13.0. The van der Waals surface area contributed by atoms with Gasteiger partial charge in [-0.25, -0.2) is 14.6 Å². The van der Waals surface area contributed by atoms with Gasteiger partial charge in [-0.05, 0) is 29.8 Å². The van der Waals surface area contributed by atoms with Gasteiger partial charge in [0.25, 0.3) is 0 Å². The van der Waals surface area contributed by atoms with Crippen molar-refractivity contribution < 1.29 is 24.2 Å². The number of carbonyl (C=O) groups excluding carboxylic acids is 1. The predicted molar refractivity (Wildman–Crippen MR) is 97.6 cm³/mol. The largest absolute Gasteiger partial charge is 0.507 e. The molecule has 0 fully saturated rings. The molecule has 0 saturated heterocycles. The van der Waals surface area contributed by atoms with Gasteiger partial charge in [-0.1, -0.05) is 12.1 Å². The van der Waals surface area contributed by atoms with E-state index in [2.05, 4.69) is 20.9 Å². The molecular formula is C18H16N4O5. The monoisotopic (exact) mass is 368 g/mol. The molecule has 0 aliphatic rings. The molecule has 1 heterocycles. The summed E-state index contributed by atoms with van der Waals surface area (Å²) >= 11 is 0. The number of benzene rings is 2. The number of anilines is 2. The number of amides is 3. The number of carbonyl (C=O) groups is 2. The van der Waals surface area contributed by atoms with Gasteiger partial charge in [-0.2, -0.15) is 0 Å². The van der Waals surface area contributed by atoms with E-state index >= 15 is 0 Å². The van der Waals surface area contributed by atoms with Crippen LogP contribution in [0.1, 0.15) is 5.56 Å². The predicted octanol–water partition coefficient (Wildman–Crippen LogP) is 3.46. The lowest BCUT2D eigenvalue weighted by molar-refractivity contribution is 0.194. The SMILES string of the molecule is O=C(O)NCc1cccc(NC(=O)Nc2ccc(-c3cnco3)c(O)c2)c1. The third kappa shape index (κ3) is 4.75. The van der Waals surface area contributed by atoms with E-state index in [1.165, 1.54) is 18.7 Å². The van der Waals surface area contributed by atoms with E-state index in [1.807, 2.05) is 0 Å². The number of phenols is 1. The van der Waals surface area contributed by atoms with Crippen molar-refractivity contribution in [3.8, 4) is 17.1 Å². The Morgan fingerprint density at radius 1 is 1.07 bits per heavy atom. The molecular weight excluding hydrogens is 352 g/mol. The molecule has 0 spiro atoms. The van der Waals surface area contributed by atoms with Crippen molar-refractivity contribution in [2.75, 3.05) is 10.6 Å². The molecule has 9 nitrogen and oxygen atoms in total. The Kier molecular flexibility index (Phi) is 5.22. The molecule has 0 saturated carbocycles. The Hall–Kier alpha value is -4.01. The first-order valence-corrected chi connectivity index (χ1v) is 7.87. The fourth-order valence-corrected chi connectivity index (χ4v) is 2.40. The Labute approximate surface area is 153 Å². The van der Waals surface area contributed by atoms with E-state index in [0.717, 1.165) is 0 Å². The topological polar surface area (TPSA) is 137 Å². The summed E-state index contributed by atoms with van der Waals surface area (Å²) in [6.45, 7) is 0.128. The van der Waals surface area contributed by atoms with Crippen molar-refractivity contribution in [3.63, 3.8) is 0 Å². The number of nitrogens with one attached hydrogen (secondary N) is 3. The van der Waals surface area contributed by atoms with E-state index in [1.54, 1.807) is 36.4 Å². The second-order valence-electron chi connectivity index (χ2n) is 5.54. The van der Waals surface area contributed by atoms with Crippen LogP contribution in [0.2, 0.25) is 0 Å². The summed E-state index contributed by atoms with van der Waals surface area (Å²) in [6, 6.07) is 10.9. The molecule has 2 aromatic carbocycles. The molecule has 0 aliphatic carbocycles. The van der Waals surface area contributed by atoms with Crippen molar-refractivity contribution in [1.29, 1.82) is 0 Å². The van der Waals surface area contributed by atoms with Crippen LogP contribution in [0.15, 0.2) is 59.5 Å². The number of aromatic nitrogens is 1. The number of aromatic hydroxyl groups is 1. The van der Waals surface area contributed by atoms with Crippen LogP contribution in [0.25, 0.3) is 11.3 Å². The lowest BCUT2D eigenvalue weighted by Crippen LogP contribution is -2.21. The first-order valence-electron chi connectivity index (χ1n) is 7.87. The summed E-state index contributed by atoms with van der Waals surface area (Å²) in [7, 11) is 0. The lowest BCUT2D eigenvalue weighted by atomic mass is 10.1. The van der Waals surface area contributed by atoms with E-state index < -0.39 is 12.1 Å². The molecule has 0 atom stereocenters. The molecule has 3 rings (SSSR count). The molecule has 0 bridgehead atoms. The Balaban J connectivity index is 1.63. The van der Waals surface area contributed by atoms with Crippen molar-refractivity contribution in [2.45, 2.75) is 6.54 Å². The molecule has 3 amide bonds. The molecule has 0 unspecified atom stereocenters. The molecule has 3 aromatic rings. The fraction of sp³-hybridized carbons (Fsp3) is 0.0556. The third-order valence-corrected chi connectivity index (χ3v) is 3.58. The highest BCUT2D eigenvalue weighted by Gasteiger charge is 2.10. The summed E-state index contributed by atoms with van der Waals surface area (Å²) in [5, 5.41) is 26.2. The van der Waals surface area contributed by atoms with Crippen LogP contribution in [0.5, 0.6) is 5.75 Å². The van der Waals surface area contributed by atoms with Crippen LogP contribution >= 0.6 is 0 Å². The maximum absolute atomic E-state index is 12.1. The van der Waals surface area contributed by atoms with Crippen molar-refractivity contribution >= 4 is 23.5 Å². The molecule has 5 N–H and O–H groups in total. The number of oxazole rings is 1. The Morgan fingerprint density at radius 2 is 1.85 bits per heavy atom. The number of phenolic OH excluding ortho intramolecular Hbond substituents is 1. The van der Waals surface area contributed by atoms with Crippen LogP contribution in [-0.4, -0.2) is 27.3 Å². The van der Waals surface area contributed by atoms with Crippen LogP contribution in [0.3, 0.4) is 0 Å². The number of hydrogen-bond acceptors (Lipinski definition) is 5. The zero-order valence-corrected chi connectivity index (χ0v) is 14.0. The van der Waals surface area contributed by atoms with Gasteiger partial charge in [0.2, 0.25) is 0 Å².